The lowest BCUT2D eigenvalue weighted by Gasteiger charge is -2.24. The van der Waals surface area contributed by atoms with E-state index < -0.39 is 12.7 Å². The average molecular weight is 298 g/mol. The second kappa shape index (κ2) is 5.97. The first kappa shape index (κ1) is 14.9. The van der Waals surface area contributed by atoms with Crippen molar-refractivity contribution in [1.29, 1.82) is 0 Å². The van der Waals surface area contributed by atoms with E-state index in [0.717, 1.165) is 30.5 Å². The van der Waals surface area contributed by atoms with Crippen molar-refractivity contribution >= 4 is 0 Å². The van der Waals surface area contributed by atoms with E-state index >= 15 is 0 Å². The number of halogens is 3. The third-order valence-electron chi connectivity index (χ3n) is 4.10. The fraction of sp³-hybridized carbons (Fsp3) is 0.625. The Morgan fingerprint density at radius 3 is 2.29 bits per heavy atom. The Kier molecular flexibility index (Phi) is 4.22. The summed E-state index contributed by atoms with van der Waals surface area (Å²) in [5.41, 5.74) is 2.14. The molecule has 2 aliphatic carbocycles. The number of hydrogen-bond acceptors (Lipinski definition) is 2. The van der Waals surface area contributed by atoms with Gasteiger partial charge in [0.1, 0.15) is 0 Å². The molecule has 2 fully saturated rings. The van der Waals surface area contributed by atoms with Crippen LogP contribution in [0, 0.1) is 0 Å². The van der Waals surface area contributed by atoms with Crippen LogP contribution in [0.1, 0.15) is 36.8 Å². The molecule has 0 aliphatic heterocycles. The van der Waals surface area contributed by atoms with Crippen molar-refractivity contribution in [3.8, 4) is 0 Å². The molecule has 1 N–H and O–H groups in total. The molecule has 2 nitrogen and oxygen atoms in total. The van der Waals surface area contributed by atoms with E-state index in [1.54, 1.807) is 4.90 Å². The molecular weight excluding hydrogens is 277 g/mol. The van der Waals surface area contributed by atoms with Gasteiger partial charge in [-0.3, -0.25) is 4.90 Å². The van der Waals surface area contributed by atoms with Gasteiger partial charge < -0.3 is 5.32 Å². The van der Waals surface area contributed by atoms with Gasteiger partial charge in [0, 0.05) is 25.2 Å². The van der Waals surface area contributed by atoms with Crippen LogP contribution in [0.4, 0.5) is 13.2 Å². The van der Waals surface area contributed by atoms with E-state index in [0.29, 0.717) is 12.6 Å². The van der Waals surface area contributed by atoms with Crippen LogP contribution >= 0.6 is 0 Å². The van der Waals surface area contributed by atoms with Gasteiger partial charge in [0.15, 0.2) is 0 Å². The highest BCUT2D eigenvalue weighted by Gasteiger charge is 2.38. The lowest BCUT2D eigenvalue weighted by Crippen LogP contribution is -2.35. The number of nitrogens with one attached hydrogen (secondary N) is 1. The van der Waals surface area contributed by atoms with Gasteiger partial charge in [-0.1, -0.05) is 24.3 Å². The van der Waals surface area contributed by atoms with Gasteiger partial charge in [0.2, 0.25) is 0 Å². The normalized spacial score (nSPS) is 19.2. The standard InChI is InChI=1S/C16H21F3N2/c17-16(18,19)11-21(15-7-8-15)10-13-4-2-1-3-12(13)9-20-14-5-6-14/h1-4,14-15,20H,5-11H2. The molecule has 0 aromatic heterocycles. The number of nitrogens with zero attached hydrogens (tertiary/aromatic N) is 1. The summed E-state index contributed by atoms with van der Waals surface area (Å²) in [4.78, 5) is 1.58. The van der Waals surface area contributed by atoms with E-state index in [1.165, 1.54) is 12.8 Å². The molecule has 116 valence electrons. The fourth-order valence-electron chi connectivity index (χ4n) is 2.63. The predicted octanol–water partition coefficient (Wildman–Crippen LogP) is 3.47. The van der Waals surface area contributed by atoms with Gasteiger partial charge in [0.05, 0.1) is 6.54 Å². The van der Waals surface area contributed by atoms with Crippen LogP contribution in [0.15, 0.2) is 24.3 Å². The molecule has 0 radical (unpaired) electrons. The summed E-state index contributed by atoms with van der Waals surface area (Å²) in [6, 6.07) is 8.55. The third-order valence-corrected chi connectivity index (χ3v) is 4.10. The first-order chi connectivity index (χ1) is 10.0. The zero-order valence-corrected chi connectivity index (χ0v) is 12.0. The number of rotatable bonds is 7. The van der Waals surface area contributed by atoms with E-state index in [1.807, 2.05) is 24.3 Å². The van der Waals surface area contributed by atoms with Crippen molar-refractivity contribution in [3.05, 3.63) is 35.4 Å². The van der Waals surface area contributed by atoms with Crippen LogP contribution in [0.2, 0.25) is 0 Å². The SMILES string of the molecule is FC(F)(F)CN(Cc1ccccc1CNC1CC1)C1CC1. The van der Waals surface area contributed by atoms with Crippen molar-refractivity contribution in [1.82, 2.24) is 10.2 Å². The summed E-state index contributed by atoms with van der Waals surface area (Å²) in [6.07, 6.45) is 0.0792. The minimum absolute atomic E-state index is 0.107. The number of benzene rings is 1. The Morgan fingerprint density at radius 2 is 1.71 bits per heavy atom. The van der Waals surface area contributed by atoms with Gasteiger partial charge in [0.25, 0.3) is 0 Å². The maximum absolute atomic E-state index is 12.7. The molecule has 2 saturated carbocycles. The van der Waals surface area contributed by atoms with Crippen LogP contribution in [0.3, 0.4) is 0 Å². The summed E-state index contributed by atoms with van der Waals surface area (Å²) in [6.45, 7) is 0.347. The van der Waals surface area contributed by atoms with Crippen molar-refractivity contribution < 1.29 is 13.2 Å². The Bertz CT molecular complexity index is 479. The largest absolute Gasteiger partial charge is 0.401 e. The van der Waals surface area contributed by atoms with E-state index in [-0.39, 0.29) is 6.04 Å². The summed E-state index contributed by atoms with van der Waals surface area (Å²) in [7, 11) is 0. The second-order valence-corrected chi connectivity index (χ2v) is 6.18. The smallest absolute Gasteiger partial charge is 0.310 e. The summed E-state index contributed by atoms with van der Waals surface area (Å²) < 4.78 is 38.1. The van der Waals surface area contributed by atoms with Gasteiger partial charge in [-0.2, -0.15) is 13.2 Å². The number of alkyl halides is 3. The zero-order valence-electron chi connectivity index (χ0n) is 12.0. The monoisotopic (exact) mass is 298 g/mol. The third kappa shape index (κ3) is 4.71. The number of hydrogen-bond donors (Lipinski definition) is 1. The second-order valence-electron chi connectivity index (χ2n) is 6.18. The first-order valence-electron chi connectivity index (χ1n) is 7.62. The van der Waals surface area contributed by atoms with E-state index in [2.05, 4.69) is 5.32 Å². The quantitative estimate of drug-likeness (QED) is 0.829. The molecule has 0 saturated heterocycles. The molecule has 21 heavy (non-hydrogen) atoms. The molecule has 0 spiro atoms. The lowest BCUT2D eigenvalue weighted by molar-refractivity contribution is -0.148. The highest BCUT2D eigenvalue weighted by Crippen LogP contribution is 2.32. The first-order valence-corrected chi connectivity index (χ1v) is 7.62. The van der Waals surface area contributed by atoms with Crippen LogP contribution in [0.25, 0.3) is 0 Å². The Hall–Kier alpha value is -1.07. The molecule has 0 bridgehead atoms. The van der Waals surface area contributed by atoms with Crippen molar-refractivity contribution in [3.63, 3.8) is 0 Å². The molecule has 0 heterocycles. The molecule has 0 atom stereocenters. The minimum atomic E-state index is -4.12. The molecule has 3 rings (SSSR count). The fourth-order valence-corrected chi connectivity index (χ4v) is 2.63. The van der Waals surface area contributed by atoms with Gasteiger partial charge in [-0.25, -0.2) is 0 Å². The van der Waals surface area contributed by atoms with E-state index in [4.69, 9.17) is 0 Å². The lowest BCUT2D eigenvalue weighted by atomic mass is 10.1. The maximum Gasteiger partial charge on any atom is 0.401 e. The molecule has 0 amide bonds. The maximum atomic E-state index is 12.7. The zero-order chi connectivity index (χ0) is 14.9. The molecule has 1 aromatic rings. The summed E-state index contributed by atoms with van der Waals surface area (Å²) in [5, 5.41) is 3.44. The Labute approximate surface area is 123 Å². The van der Waals surface area contributed by atoms with Gasteiger partial charge in [-0.15, -0.1) is 0 Å². The highest BCUT2D eigenvalue weighted by molar-refractivity contribution is 5.27. The summed E-state index contributed by atoms with van der Waals surface area (Å²) in [5.74, 6) is 0. The summed E-state index contributed by atoms with van der Waals surface area (Å²) >= 11 is 0. The molecule has 2 aliphatic rings. The Balaban J connectivity index is 1.66. The van der Waals surface area contributed by atoms with Crippen LogP contribution in [-0.2, 0) is 13.1 Å². The van der Waals surface area contributed by atoms with Crippen LogP contribution < -0.4 is 5.32 Å². The van der Waals surface area contributed by atoms with Crippen molar-refractivity contribution in [2.45, 2.75) is 57.0 Å². The topological polar surface area (TPSA) is 15.3 Å². The van der Waals surface area contributed by atoms with Crippen LogP contribution in [-0.4, -0.2) is 29.7 Å². The molecule has 0 unspecified atom stereocenters. The average Bonchev–Trinajstić information content (AvgIpc) is 3.26. The minimum Gasteiger partial charge on any atom is -0.310 e. The molecular formula is C16H21F3N2. The van der Waals surface area contributed by atoms with Crippen molar-refractivity contribution in [2.75, 3.05) is 6.54 Å². The molecule has 5 heteroatoms. The van der Waals surface area contributed by atoms with Crippen molar-refractivity contribution in [2.24, 2.45) is 0 Å². The Morgan fingerprint density at radius 1 is 1.05 bits per heavy atom. The molecule has 1 aromatic carbocycles. The highest BCUT2D eigenvalue weighted by atomic mass is 19.4. The van der Waals surface area contributed by atoms with Crippen LogP contribution in [0.5, 0.6) is 0 Å². The van der Waals surface area contributed by atoms with E-state index in [9.17, 15) is 13.2 Å². The van der Waals surface area contributed by atoms with Gasteiger partial charge in [-0.05, 0) is 36.8 Å². The predicted molar refractivity (Wildman–Crippen MR) is 75.8 cm³/mol. The van der Waals surface area contributed by atoms with Gasteiger partial charge >= 0.3 is 6.18 Å².